The van der Waals surface area contributed by atoms with Gasteiger partial charge < -0.3 is 26.0 Å². The van der Waals surface area contributed by atoms with Crippen molar-refractivity contribution in [2.45, 2.75) is 50.7 Å². The molecule has 1 aliphatic rings. The van der Waals surface area contributed by atoms with Crippen LogP contribution in [-0.4, -0.2) is 77.0 Å². The van der Waals surface area contributed by atoms with Crippen LogP contribution in [0.5, 0.6) is 0 Å². The molecule has 3 atom stereocenters. The number of amides is 3. The minimum absolute atomic E-state index is 0.0949. The van der Waals surface area contributed by atoms with Crippen LogP contribution in [0.4, 0.5) is 0 Å². The summed E-state index contributed by atoms with van der Waals surface area (Å²) in [6.07, 6.45) is 1.80. The number of halogens is 1. The molecule has 3 aromatic rings. The Kier molecular flexibility index (Phi) is 10.1. The summed E-state index contributed by atoms with van der Waals surface area (Å²) in [5, 5.41) is 14.8. The standard InChI is InChI=1S/C31H37ClN4O4/c1-2-5-27-31(40)36(16-15-35(27)30(39)26(33)19-21-9-12-25(32)13-10-21)28(29(38)34-14-17-37)20-22-8-11-23-6-3-4-7-24(23)18-22/h3-4,6-13,18,26-28,37H,2,5,14-17,19-20,33H2,1H3,(H,34,38)/t26-,27+,28+/m1/s1. The van der Waals surface area contributed by atoms with Crippen LogP contribution in [0.25, 0.3) is 10.8 Å². The molecule has 0 aliphatic carbocycles. The van der Waals surface area contributed by atoms with Gasteiger partial charge in [0, 0.05) is 31.1 Å². The SMILES string of the molecule is CCC[C@H]1C(=O)N([C@@H](Cc2ccc3ccccc3c2)C(=O)NCCO)CCN1C(=O)[C@H](N)Cc1ccc(Cl)cc1. The Morgan fingerprint density at radius 1 is 1.02 bits per heavy atom. The predicted molar refractivity (Wildman–Crippen MR) is 157 cm³/mol. The van der Waals surface area contributed by atoms with Crippen LogP contribution in [0.15, 0.2) is 66.7 Å². The Labute approximate surface area is 240 Å². The van der Waals surface area contributed by atoms with E-state index < -0.39 is 18.1 Å². The molecule has 4 rings (SSSR count). The fraction of sp³-hybridized carbons (Fsp3) is 0.387. The average Bonchev–Trinajstić information content (AvgIpc) is 2.96. The summed E-state index contributed by atoms with van der Waals surface area (Å²) in [6.45, 7) is 2.35. The molecule has 1 aliphatic heterocycles. The Hall–Kier alpha value is -3.46. The molecule has 3 aromatic carbocycles. The number of benzene rings is 3. The molecular weight excluding hydrogens is 528 g/mol. The molecule has 0 radical (unpaired) electrons. The van der Waals surface area contributed by atoms with Gasteiger partial charge in [-0.05, 0) is 46.9 Å². The van der Waals surface area contributed by atoms with E-state index in [9.17, 15) is 19.5 Å². The van der Waals surface area contributed by atoms with Crippen molar-refractivity contribution in [3.05, 3.63) is 82.9 Å². The first-order valence-corrected chi connectivity index (χ1v) is 14.2. The number of hydrogen-bond acceptors (Lipinski definition) is 5. The summed E-state index contributed by atoms with van der Waals surface area (Å²) >= 11 is 5.98. The van der Waals surface area contributed by atoms with Gasteiger partial charge in [-0.25, -0.2) is 0 Å². The molecule has 4 N–H and O–H groups in total. The van der Waals surface area contributed by atoms with Crippen LogP contribution in [-0.2, 0) is 27.2 Å². The molecule has 1 fully saturated rings. The maximum Gasteiger partial charge on any atom is 0.246 e. The normalized spacial score (nSPS) is 17.1. The fourth-order valence-corrected chi connectivity index (χ4v) is 5.46. The third-order valence-corrected chi connectivity index (χ3v) is 7.64. The zero-order valence-electron chi connectivity index (χ0n) is 22.8. The molecule has 0 spiro atoms. The monoisotopic (exact) mass is 564 g/mol. The van der Waals surface area contributed by atoms with Gasteiger partial charge >= 0.3 is 0 Å². The number of nitrogens with zero attached hydrogens (tertiary/aromatic N) is 2. The largest absolute Gasteiger partial charge is 0.395 e. The van der Waals surface area contributed by atoms with Gasteiger partial charge in [-0.3, -0.25) is 14.4 Å². The Bertz CT molecular complexity index is 1330. The lowest BCUT2D eigenvalue weighted by atomic mass is 9.96. The predicted octanol–water partition coefficient (Wildman–Crippen LogP) is 2.92. The lowest BCUT2D eigenvalue weighted by Gasteiger charge is -2.44. The molecule has 1 heterocycles. The number of aliphatic hydroxyl groups is 1. The van der Waals surface area contributed by atoms with E-state index in [4.69, 9.17) is 17.3 Å². The maximum absolute atomic E-state index is 13.9. The van der Waals surface area contributed by atoms with E-state index in [0.29, 0.717) is 30.7 Å². The summed E-state index contributed by atoms with van der Waals surface area (Å²) in [6, 6.07) is 18.9. The van der Waals surface area contributed by atoms with E-state index in [1.54, 1.807) is 21.9 Å². The van der Waals surface area contributed by atoms with E-state index in [-0.39, 0.29) is 44.0 Å². The highest BCUT2D eigenvalue weighted by Gasteiger charge is 2.42. The highest BCUT2D eigenvalue weighted by molar-refractivity contribution is 6.30. The zero-order chi connectivity index (χ0) is 28.6. The van der Waals surface area contributed by atoms with E-state index in [1.807, 2.05) is 61.5 Å². The number of aliphatic hydroxyl groups excluding tert-OH is 1. The quantitative estimate of drug-likeness (QED) is 0.331. The van der Waals surface area contributed by atoms with Gasteiger partial charge in [0.2, 0.25) is 17.7 Å². The second-order valence-electron chi connectivity index (χ2n) is 10.2. The summed E-state index contributed by atoms with van der Waals surface area (Å²) in [7, 11) is 0. The van der Waals surface area contributed by atoms with Crippen LogP contribution in [0.2, 0.25) is 5.02 Å². The first-order valence-electron chi connectivity index (χ1n) is 13.8. The summed E-state index contributed by atoms with van der Waals surface area (Å²) in [4.78, 5) is 43.9. The minimum atomic E-state index is -0.805. The van der Waals surface area contributed by atoms with Crippen LogP contribution < -0.4 is 11.1 Å². The van der Waals surface area contributed by atoms with E-state index >= 15 is 0 Å². The van der Waals surface area contributed by atoms with Crippen molar-refractivity contribution in [3.8, 4) is 0 Å². The van der Waals surface area contributed by atoms with Crippen molar-refractivity contribution in [2.24, 2.45) is 5.73 Å². The lowest BCUT2D eigenvalue weighted by Crippen LogP contribution is -2.65. The number of carbonyl (C=O) groups is 3. The molecule has 9 heteroatoms. The summed E-state index contributed by atoms with van der Waals surface area (Å²) in [5.74, 6) is -0.868. The number of carbonyl (C=O) groups excluding carboxylic acids is 3. The van der Waals surface area contributed by atoms with E-state index in [1.165, 1.54) is 0 Å². The molecule has 0 unspecified atom stereocenters. The van der Waals surface area contributed by atoms with Crippen LogP contribution in [0, 0.1) is 0 Å². The summed E-state index contributed by atoms with van der Waals surface area (Å²) in [5.41, 5.74) is 8.14. The van der Waals surface area contributed by atoms with Gasteiger partial charge in [-0.1, -0.05) is 79.5 Å². The molecule has 8 nitrogen and oxygen atoms in total. The van der Waals surface area contributed by atoms with Crippen molar-refractivity contribution in [2.75, 3.05) is 26.2 Å². The van der Waals surface area contributed by atoms with Crippen molar-refractivity contribution in [3.63, 3.8) is 0 Å². The van der Waals surface area contributed by atoms with Gasteiger partial charge in [0.25, 0.3) is 0 Å². The molecule has 0 aromatic heterocycles. The molecule has 3 amide bonds. The van der Waals surface area contributed by atoms with E-state index in [0.717, 1.165) is 21.9 Å². The second kappa shape index (κ2) is 13.7. The molecule has 0 bridgehead atoms. The molecule has 1 saturated heterocycles. The number of rotatable bonds is 11. The number of fused-ring (bicyclic) bond motifs is 1. The number of nitrogens with one attached hydrogen (secondary N) is 1. The van der Waals surface area contributed by atoms with Crippen molar-refractivity contribution >= 4 is 40.1 Å². The molecule has 0 saturated carbocycles. The number of piperazine rings is 1. The van der Waals surface area contributed by atoms with E-state index in [2.05, 4.69) is 5.32 Å². The maximum atomic E-state index is 13.9. The fourth-order valence-electron chi connectivity index (χ4n) is 5.34. The third kappa shape index (κ3) is 6.99. The Morgan fingerprint density at radius 3 is 2.42 bits per heavy atom. The Balaban J connectivity index is 1.55. The first-order chi connectivity index (χ1) is 19.3. The van der Waals surface area contributed by atoms with Gasteiger partial charge in [0.15, 0.2) is 0 Å². The molecule has 212 valence electrons. The van der Waals surface area contributed by atoms with Gasteiger partial charge in [0.05, 0.1) is 12.6 Å². The highest BCUT2D eigenvalue weighted by atomic mass is 35.5. The van der Waals surface area contributed by atoms with Crippen molar-refractivity contribution < 1.29 is 19.5 Å². The molecule has 40 heavy (non-hydrogen) atoms. The van der Waals surface area contributed by atoms with Crippen molar-refractivity contribution in [1.29, 1.82) is 0 Å². The minimum Gasteiger partial charge on any atom is -0.395 e. The number of nitrogens with two attached hydrogens (primary N) is 1. The highest BCUT2D eigenvalue weighted by Crippen LogP contribution is 2.23. The summed E-state index contributed by atoms with van der Waals surface area (Å²) < 4.78 is 0. The topological polar surface area (TPSA) is 116 Å². The van der Waals surface area contributed by atoms with Gasteiger partial charge in [0.1, 0.15) is 12.1 Å². The average molecular weight is 565 g/mol. The third-order valence-electron chi connectivity index (χ3n) is 7.39. The number of hydrogen-bond donors (Lipinski definition) is 3. The van der Waals surface area contributed by atoms with Gasteiger partial charge in [-0.15, -0.1) is 0 Å². The molecular formula is C31H37ClN4O4. The first kappa shape index (κ1) is 29.5. The Morgan fingerprint density at radius 2 is 1.73 bits per heavy atom. The lowest BCUT2D eigenvalue weighted by molar-refractivity contribution is -0.156. The zero-order valence-corrected chi connectivity index (χ0v) is 23.5. The van der Waals surface area contributed by atoms with Crippen LogP contribution >= 0.6 is 11.6 Å². The smallest absolute Gasteiger partial charge is 0.246 e. The van der Waals surface area contributed by atoms with Crippen LogP contribution in [0.3, 0.4) is 0 Å². The van der Waals surface area contributed by atoms with Crippen molar-refractivity contribution in [1.82, 2.24) is 15.1 Å². The second-order valence-corrected chi connectivity index (χ2v) is 10.7. The van der Waals surface area contributed by atoms with Gasteiger partial charge in [-0.2, -0.15) is 0 Å². The van der Waals surface area contributed by atoms with Crippen LogP contribution in [0.1, 0.15) is 30.9 Å².